The summed E-state index contributed by atoms with van der Waals surface area (Å²) in [4.78, 5) is 2.67. The fraction of sp³-hybridized carbons (Fsp3) is 1.00. The van der Waals surface area contributed by atoms with Crippen LogP contribution in [0.3, 0.4) is 0 Å². The van der Waals surface area contributed by atoms with Gasteiger partial charge in [-0.25, -0.2) is 0 Å². The predicted molar refractivity (Wildman–Crippen MR) is 76.4 cm³/mol. The number of nitrogens with one attached hydrogen (secondary N) is 1. The molecule has 0 saturated carbocycles. The van der Waals surface area contributed by atoms with E-state index in [4.69, 9.17) is 0 Å². The van der Waals surface area contributed by atoms with Gasteiger partial charge in [0.15, 0.2) is 0 Å². The molecule has 0 radical (unpaired) electrons. The van der Waals surface area contributed by atoms with Crippen LogP contribution in [0, 0.1) is 11.3 Å². The number of rotatable bonds is 8. The summed E-state index contributed by atoms with van der Waals surface area (Å²) in [6, 6.07) is 0. The molecule has 102 valence electrons. The molecule has 0 aromatic carbocycles. The van der Waals surface area contributed by atoms with Gasteiger partial charge in [0.25, 0.3) is 0 Å². The monoisotopic (exact) mass is 240 g/mol. The largest absolute Gasteiger partial charge is 0.316 e. The van der Waals surface area contributed by atoms with Crippen molar-refractivity contribution in [3.8, 4) is 0 Å². The van der Waals surface area contributed by atoms with E-state index in [0.29, 0.717) is 5.41 Å². The second-order valence-electron chi connectivity index (χ2n) is 6.18. The van der Waals surface area contributed by atoms with Crippen molar-refractivity contribution >= 4 is 0 Å². The summed E-state index contributed by atoms with van der Waals surface area (Å²) in [5.41, 5.74) is 0.644. The fourth-order valence-electron chi connectivity index (χ4n) is 2.86. The summed E-state index contributed by atoms with van der Waals surface area (Å²) < 4.78 is 0. The summed E-state index contributed by atoms with van der Waals surface area (Å²) in [6.45, 7) is 15.5. The molecule has 0 aromatic heterocycles. The number of nitrogens with zero attached hydrogens (tertiary/aromatic N) is 1. The average molecular weight is 240 g/mol. The van der Waals surface area contributed by atoms with Gasteiger partial charge < -0.3 is 10.2 Å². The molecule has 0 atom stereocenters. The van der Waals surface area contributed by atoms with Crippen LogP contribution in [0.25, 0.3) is 0 Å². The molecule has 0 aromatic rings. The minimum atomic E-state index is 0.644. The van der Waals surface area contributed by atoms with Gasteiger partial charge in [-0.15, -0.1) is 0 Å². The topological polar surface area (TPSA) is 15.3 Å². The first-order chi connectivity index (χ1) is 8.12. The van der Waals surface area contributed by atoms with Crippen LogP contribution in [0.15, 0.2) is 0 Å². The maximum Gasteiger partial charge on any atom is 0.00383 e. The Labute approximate surface area is 108 Å². The molecule has 0 bridgehead atoms. The molecule has 1 N–H and O–H groups in total. The maximum absolute atomic E-state index is 3.53. The Bertz CT molecular complexity index is 197. The summed E-state index contributed by atoms with van der Waals surface area (Å²) in [5, 5.41) is 3.53. The van der Waals surface area contributed by atoms with Gasteiger partial charge >= 0.3 is 0 Å². The van der Waals surface area contributed by atoms with Crippen molar-refractivity contribution in [1.29, 1.82) is 0 Å². The van der Waals surface area contributed by atoms with Crippen LogP contribution in [-0.2, 0) is 0 Å². The molecule has 0 spiro atoms. The van der Waals surface area contributed by atoms with Gasteiger partial charge in [-0.3, -0.25) is 0 Å². The lowest BCUT2D eigenvalue weighted by atomic mass is 9.82. The van der Waals surface area contributed by atoms with Gasteiger partial charge in [-0.2, -0.15) is 0 Å². The molecule has 0 amide bonds. The Morgan fingerprint density at radius 2 is 1.94 bits per heavy atom. The Morgan fingerprint density at radius 3 is 2.47 bits per heavy atom. The summed E-state index contributed by atoms with van der Waals surface area (Å²) in [7, 11) is 0. The van der Waals surface area contributed by atoms with Crippen LogP contribution in [0.4, 0.5) is 0 Å². The molecule has 17 heavy (non-hydrogen) atoms. The van der Waals surface area contributed by atoms with Gasteiger partial charge in [-0.05, 0) is 63.2 Å². The highest BCUT2D eigenvalue weighted by molar-refractivity contribution is 4.87. The number of hydrogen-bond donors (Lipinski definition) is 1. The maximum atomic E-state index is 3.53. The van der Waals surface area contributed by atoms with Gasteiger partial charge in [0.05, 0.1) is 0 Å². The third-order valence-corrected chi connectivity index (χ3v) is 4.40. The van der Waals surface area contributed by atoms with Gasteiger partial charge in [-0.1, -0.05) is 27.7 Å². The Hall–Kier alpha value is -0.0800. The van der Waals surface area contributed by atoms with Crippen molar-refractivity contribution in [3.05, 3.63) is 0 Å². The van der Waals surface area contributed by atoms with E-state index < -0.39 is 0 Å². The second-order valence-corrected chi connectivity index (χ2v) is 6.18. The molecule has 2 nitrogen and oxygen atoms in total. The lowest BCUT2D eigenvalue weighted by Crippen LogP contribution is -2.29. The summed E-state index contributed by atoms with van der Waals surface area (Å²) >= 11 is 0. The molecular formula is C15H32N2. The predicted octanol–water partition coefficient (Wildman–Crippen LogP) is 3.13. The highest BCUT2D eigenvalue weighted by Gasteiger charge is 2.34. The van der Waals surface area contributed by atoms with Crippen molar-refractivity contribution in [3.63, 3.8) is 0 Å². The van der Waals surface area contributed by atoms with Crippen LogP contribution in [0.2, 0.25) is 0 Å². The molecule has 1 aliphatic heterocycles. The van der Waals surface area contributed by atoms with Gasteiger partial charge in [0.1, 0.15) is 0 Å². The van der Waals surface area contributed by atoms with Crippen LogP contribution in [0.1, 0.15) is 53.4 Å². The van der Waals surface area contributed by atoms with Crippen molar-refractivity contribution in [2.45, 2.75) is 53.4 Å². The fourth-order valence-corrected chi connectivity index (χ4v) is 2.86. The van der Waals surface area contributed by atoms with Crippen LogP contribution < -0.4 is 5.32 Å². The first-order valence-electron chi connectivity index (χ1n) is 7.55. The van der Waals surface area contributed by atoms with Gasteiger partial charge in [0.2, 0.25) is 0 Å². The van der Waals surface area contributed by atoms with E-state index in [2.05, 4.69) is 37.9 Å². The molecule has 1 aliphatic rings. The SMILES string of the molecule is CCC1(CC)CCN(CCCNCC(C)C)C1. The van der Waals surface area contributed by atoms with Crippen molar-refractivity contribution in [1.82, 2.24) is 10.2 Å². The van der Waals surface area contributed by atoms with E-state index >= 15 is 0 Å². The first kappa shape index (κ1) is 15.0. The van der Waals surface area contributed by atoms with E-state index in [1.165, 1.54) is 51.9 Å². The quantitative estimate of drug-likeness (QED) is 0.656. The lowest BCUT2D eigenvalue weighted by molar-refractivity contribution is 0.238. The standard InChI is InChI=1S/C15H32N2/c1-5-15(6-2)8-11-17(13-15)10-7-9-16-12-14(3)4/h14,16H,5-13H2,1-4H3. The molecule has 1 rings (SSSR count). The summed E-state index contributed by atoms with van der Waals surface area (Å²) in [6.07, 6.45) is 5.42. The van der Waals surface area contributed by atoms with Crippen molar-refractivity contribution < 1.29 is 0 Å². The lowest BCUT2D eigenvalue weighted by Gasteiger charge is -2.26. The Morgan fingerprint density at radius 1 is 1.24 bits per heavy atom. The minimum absolute atomic E-state index is 0.644. The third-order valence-electron chi connectivity index (χ3n) is 4.40. The molecule has 2 heteroatoms. The van der Waals surface area contributed by atoms with Crippen molar-refractivity contribution in [2.24, 2.45) is 11.3 Å². The average Bonchev–Trinajstić information content (AvgIpc) is 2.73. The normalized spacial score (nSPS) is 20.3. The zero-order valence-electron chi connectivity index (χ0n) is 12.4. The van der Waals surface area contributed by atoms with E-state index in [1.54, 1.807) is 0 Å². The van der Waals surface area contributed by atoms with Crippen LogP contribution >= 0.6 is 0 Å². The van der Waals surface area contributed by atoms with E-state index in [0.717, 1.165) is 12.5 Å². The van der Waals surface area contributed by atoms with Crippen molar-refractivity contribution in [2.75, 3.05) is 32.7 Å². The summed E-state index contributed by atoms with van der Waals surface area (Å²) in [5.74, 6) is 0.773. The molecule has 0 aliphatic carbocycles. The molecule has 1 saturated heterocycles. The van der Waals surface area contributed by atoms with Crippen LogP contribution in [-0.4, -0.2) is 37.6 Å². The minimum Gasteiger partial charge on any atom is -0.316 e. The molecular weight excluding hydrogens is 208 g/mol. The Balaban J connectivity index is 2.10. The number of likely N-dealkylation sites (tertiary alicyclic amines) is 1. The highest BCUT2D eigenvalue weighted by atomic mass is 15.2. The van der Waals surface area contributed by atoms with E-state index in [9.17, 15) is 0 Å². The highest BCUT2D eigenvalue weighted by Crippen LogP contribution is 2.36. The Kier molecular flexibility index (Phi) is 6.50. The van der Waals surface area contributed by atoms with Gasteiger partial charge in [0, 0.05) is 6.54 Å². The van der Waals surface area contributed by atoms with E-state index in [-0.39, 0.29) is 0 Å². The zero-order chi connectivity index (χ0) is 12.7. The third kappa shape index (κ3) is 4.97. The number of hydrogen-bond acceptors (Lipinski definition) is 2. The molecule has 1 fully saturated rings. The molecule has 0 unspecified atom stereocenters. The van der Waals surface area contributed by atoms with E-state index in [1.807, 2.05) is 0 Å². The zero-order valence-corrected chi connectivity index (χ0v) is 12.4. The van der Waals surface area contributed by atoms with Crippen LogP contribution in [0.5, 0.6) is 0 Å². The smallest absolute Gasteiger partial charge is 0.00383 e. The molecule has 1 heterocycles. The first-order valence-corrected chi connectivity index (χ1v) is 7.55. The second kappa shape index (κ2) is 7.38.